The summed E-state index contributed by atoms with van der Waals surface area (Å²) in [5.74, 6) is -0.656. The molecular weight excluding hydrogens is 599 g/mol. The standard InChI is InChI=1S/C30H27NO6S4/c32-40(33,34)17-5-11-24-27(38-25-14-12-20-7-1-3-9-22(20)29(24)25)19-28-31(16-6-18-41(35,36)37)30-23-10-4-2-8-21(23)13-15-26(30)39-28/h1-4,7-10,12-15,19H,5-6,11,16-18H2,(H,32,33,34)(H,35,36,37)/b28-19-. The fourth-order valence-corrected chi connectivity index (χ4v) is 8.90. The Labute approximate surface area is 247 Å². The Morgan fingerprint density at radius 3 is 2.12 bits per heavy atom. The molecule has 41 heavy (non-hydrogen) atoms. The third-order valence-corrected chi connectivity index (χ3v) is 11.0. The maximum Gasteiger partial charge on any atom is 0.264 e. The van der Waals surface area contributed by atoms with Crippen molar-refractivity contribution >= 4 is 86.7 Å². The van der Waals surface area contributed by atoms with E-state index in [1.807, 2.05) is 30.3 Å². The van der Waals surface area contributed by atoms with E-state index in [0.29, 0.717) is 13.0 Å². The van der Waals surface area contributed by atoms with Crippen LogP contribution in [0.4, 0.5) is 5.69 Å². The van der Waals surface area contributed by atoms with Crippen molar-refractivity contribution in [3.63, 3.8) is 0 Å². The van der Waals surface area contributed by atoms with Gasteiger partial charge in [-0.15, -0.1) is 11.3 Å². The van der Waals surface area contributed by atoms with Crippen LogP contribution in [-0.2, 0) is 26.7 Å². The van der Waals surface area contributed by atoms with Crippen molar-refractivity contribution in [3.05, 3.63) is 88.3 Å². The van der Waals surface area contributed by atoms with Crippen LogP contribution in [0, 0.1) is 0 Å². The number of hydrogen-bond acceptors (Lipinski definition) is 7. The Kier molecular flexibility index (Phi) is 7.60. The Bertz CT molecular complexity index is 2050. The molecule has 0 fully saturated rings. The molecule has 212 valence electrons. The average Bonchev–Trinajstić information content (AvgIpc) is 3.45. The van der Waals surface area contributed by atoms with Crippen molar-refractivity contribution in [2.75, 3.05) is 23.0 Å². The second kappa shape index (κ2) is 11.0. The second-order valence-electron chi connectivity index (χ2n) is 10.0. The molecule has 0 saturated carbocycles. The SMILES string of the molecule is O=S(=O)(O)CCCc1c(/C=C2\Sc3ccc4ccccc4c3N2CCCS(=O)(=O)O)sc2ccc3ccccc3c12. The molecule has 0 aliphatic carbocycles. The molecule has 1 aliphatic rings. The molecule has 0 unspecified atom stereocenters. The van der Waals surface area contributed by atoms with Crippen LogP contribution in [0.25, 0.3) is 37.7 Å². The van der Waals surface area contributed by atoms with Gasteiger partial charge in [-0.2, -0.15) is 16.8 Å². The van der Waals surface area contributed by atoms with E-state index in [2.05, 4.69) is 53.4 Å². The lowest BCUT2D eigenvalue weighted by molar-refractivity contribution is 0.479. The summed E-state index contributed by atoms with van der Waals surface area (Å²) in [6.45, 7) is 0.394. The minimum Gasteiger partial charge on any atom is -0.334 e. The van der Waals surface area contributed by atoms with Gasteiger partial charge in [0.1, 0.15) is 0 Å². The summed E-state index contributed by atoms with van der Waals surface area (Å²) >= 11 is 3.24. The van der Waals surface area contributed by atoms with Gasteiger partial charge in [0.25, 0.3) is 20.2 Å². The predicted molar refractivity (Wildman–Crippen MR) is 170 cm³/mol. The van der Waals surface area contributed by atoms with Crippen LogP contribution in [0.3, 0.4) is 0 Å². The lowest BCUT2D eigenvalue weighted by Gasteiger charge is -2.22. The summed E-state index contributed by atoms with van der Waals surface area (Å²) in [5, 5.41) is 6.33. The molecule has 0 amide bonds. The van der Waals surface area contributed by atoms with Crippen LogP contribution >= 0.6 is 23.1 Å². The van der Waals surface area contributed by atoms with Gasteiger partial charge >= 0.3 is 0 Å². The number of benzene rings is 4. The first kappa shape index (κ1) is 28.2. The van der Waals surface area contributed by atoms with Crippen molar-refractivity contribution in [2.24, 2.45) is 0 Å². The zero-order valence-electron chi connectivity index (χ0n) is 21.9. The van der Waals surface area contributed by atoms with E-state index in [0.717, 1.165) is 57.7 Å². The Hall–Kier alpha value is -2.93. The van der Waals surface area contributed by atoms with Crippen LogP contribution in [0.1, 0.15) is 23.3 Å². The zero-order valence-corrected chi connectivity index (χ0v) is 25.1. The first-order valence-corrected chi connectivity index (χ1v) is 17.9. The topological polar surface area (TPSA) is 112 Å². The highest BCUT2D eigenvalue weighted by molar-refractivity contribution is 8.04. The summed E-state index contributed by atoms with van der Waals surface area (Å²) in [5.41, 5.74) is 2.03. The largest absolute Gasteiger partial charge is 0.334 e. The van der Waals surface area contributed by atoms with Gasteiger partial charge in [0.15, 0.2) is 0 Å². The third-order valence-electron chi connectivity index (χ3n) is 7.19. The molecule has 11 heteroatoms. The maximum absolute atomic E-state index is 11.5. The molecule has 0 atom stereocenters. The number of aryl methyl sites for hydroxylation is 1. The van der Waals surface area contributed by atoms with Gasteiger partial charge in [-0.05, 0) is 59.2 Å². The molecule has 4 aromatic carbocycles. The van der Waals surface area contributed by atoms with Crippen LogP contribution in [-0.4, -0.2) is 44.0 Å². The van der Waals surface area contributed by atoms with Gasteiger partial charge in [0.05, 0.1) is 22.2 Å². The molecule has 2 N–H and O–H groups in total. The van der Waals surface area contributed by atoms with E-state index in [1.165, 1.54) is 0 Å². The van der Waals surface area contributed by atoms with Crippen LogP contribution in [0.15, 0.2) is 82.7 Å². The number of rotatable bonds is 9. The van der Waals surface area contributed by atoms with E-state index < -0.39 is 20.2 Å². The number of fused-ring (bicyclic) bond motifs is 6. The molecule has 1 aromatic heterocycles. The molecule has 0 bridgehead atoms. The van der Waals surface area contributed by atoms with Gasteiger partial charge in [-0.3, -0.25) is 9.11 Å². The van der Waals surface area contributed by atoms with Crippen LogP contribution in [0.5, 0.6) is 0 Å². The number of nitrogens with zero attached hydrogens (tertiary/aromatic N) is 1. The first-order chi connectivity index (χ1) is 19.6. The van der Waals surface area contributed by atoms with Gasteiger partial charge in [-0.25, -0.2) is 0 Å². The van der Waals surface area contributed by atoms with Crippen molar-refractivity contribution in [1.29, 1.82) is 0 Å². The lowest BCUT2D eigenvalue weighted by Crippen LogP contribution is -2.21. The number of anilines is 1. The summed E-state index contributed by atoms with van der Waals surface area (Å²) in [7, 11) is -8.19. The van der Waals surface area contributed by atoms with Gasteiger partial charge in [0, 0.05) is 31.8 Å². The summed E-state index contributed by atoms with van der Waals surface area (Å²) in [6.07, 6.45) is 3.10. The number of hydrogen-bond donors (Lipinski definition) is 2. The minimum absolute atomic E-state index is 0.248. The average molecular weight is 626 g/mol. The van der Waals surface area contributed by atoms with E-state index >= 15 is 0 Å². The van der Waals surface area contributed by atoms with Crippen molar-refractivity contribution < 1.29 is 25.9 Å². The minimum atomic E-state index is -4.10. The van der Waals surface area contributed by atoms with Crippen molar-refractivity contribution in [2.45, 2.75) is 24.2 Å². The summed E-state index contributed by atoms with van der Waals surface area (Å²) in [6, 6.07) is 24.5. The number of thioether (sulfide) groups is 1. The fourth-order valence-electron chi connectivity index (χ4n) is 5.47. The molecule has 5 aromatic rings. The zero-order chi connectivity index (χ0) is 28.8. The maximum atomic E-state index is 11.5. The van der Waals surface area contributed by atoms with E-state index in [1.54, 1.807) is 23.1 Å². The van der Waals surface area contributed by atoms with Crippen molar-refractivity contribution in [3.8, 4) is 0 Å². The fraction of sp³-hybridized carbons (Fsp3) is 0.200. The van der Waals surface area contributed by atoms with Gasteiger partial charge in [0.2, 0.25) is 0 Å². The molecule has 0 radical (unpaired) electrons. The second-order valence-corrected chi connectivity index (χ2v) is 15.3. The molecular formula is C30H27NO6S4. The Balaban J connectivity index is 1.49. The molecule has 1 aliphatic heterocycles. The Morgan fingerprint density at radius 2 is 1.39 bits per heavy atom. The molecule has 2 heterocycles. The van der Waals surface area contributed by atoms with E-state index in [-0.39, 0.29) is 24.3 Å². The highest BCUT2D eigenvalue weighted by atomic mass is 32.2. The number of thiophene rings is 1. The highest BCUT2D eigenvalue weighted by Crippen LogP contribution is 2.51. The monoisotopic (exact) mass is 625 g/mol. The van der Waals surface area contributed by atoms with Crippen LogP contribution < -0.4 is 4.90 Å². The first-order valence-electron chi connectivity index (χ1n) is 13.1. The third kappa shape index (κ3) is 6.01. The van der Waals surface area contributed by atoms with Gasteiger partial charge in [-0.1, -0.05) is 72.4 Å². The van der Waals surface area contributed by atoms with Crippen molar-refractivity contribution in [1.82, 2.24) is 0 Å². The van der Waals surface area contributed by atoms with Crippen LogP contribution in [0.2, 0.25) is 0 Å². The lowest BCUT2D eigenvalue weighted by atomic mass is 10.00. The molecule has 7 nitrogen and oxygen atoms in total. The van der Waals surface area contributed by atoms with E-state index in [9.17, 15) is 25.9 Å². The molecule has 0 spiro atoms. The van der Waals surface area contributed by atoms with Gasteiger partial charge < -0.3 is 4.90 Å². The Morgan fingerprint density at radius 1 is 0.756 bits per heavy atom. The predicted octanol–water partition coefficient (Wildman–Crippen LogP) is 7.22. The molecule has 0 saturated heterocycles. The molecule has 6 rings (SSSR count). The smallest absolute Gasteiger partial charge is 0.264 e. The highest BCUT2D eigenvalue weighted by Gasteiger charge is 2.28. The quantitative estimate of drug-likeness (QED) is 0.165. The normalized spacial score (nSPS) is 15.0. The summed E-state index contributed by atoms with van der Waals surface area (Å²) in [4.78, 5) is 4.17. The summed E-state index contributed by atoms with van der Waals surface area (Å²) < 4.78 is 65.9. The van der Waals surface area contributed by atoms with E-state index in [4.69, 9.17) is 0 Å².